The lowest BCUT2D eigenvalue weighted by molar-refractivity contribution is -0.384. The van der Waals surface area contributed by atoms with Crippen LogP contribution in [0.5, 0.6) is 0 Å². The number of pyridine rings is 1. The van der Waals surface area contributed by atoms with Crippen molar-refractivity contribution in [2.45, 2.75) is 13.8 Å². The Kier molecular flexibility index (Phi) is 5.11. The van der Waals surface area contributed by atoms with Gasteiger partial charge in [-0.3, -0.25) is 15.1 Å². The van der Waals surface area contributed by atoms with Crippen LogP contribution in [-0.4, -0.2) is 36.1 Å². The molecule has 130 valence electrons. The van der Waals surface area contributed by atoms with Gasteiger partial charge in [-0.05, 0) is 19.9 Å². The molecule has 0 amide bonds. The molecule has 0 fully saturated rings. The highest BCUT2D eigenvalue weighted by Crippen LogP contribution is 2.37. The molecule has 8 nitrogen and oxygen atoms in total. The maximum atomic E-state index is 12.3. The Morgan fingerprint density at radius 3 is 1.92 bits per heavy atom. The molecule has 1 aromatic heterocycles. The Hall–Kier alpha value is -3.29. The summed E-state index contributed by atoms with van der Waals surface area (Å²) in [7, 11) is 2.37. The van der Waals surface area contributed by atoms with Crippen molar-refractivity contribution in [1.29, 1.82) is 0 Å². The minimum Gasteiger partial charge on any atom is -0.465 e. The Bertz CT molecular complexity index is 835. The molecule has 0 aliphatic heterocycles. The van der Waals surface area contributed by atoms with Gasteiger partial charge in [0, 0.05) is 11.6 Å². The monoisotopic (exact) mass is 352 g/mol. The van der Waals surface area contributed by atoms with Gasteiger partial charge in [-0.2, -0.15) is 0 Å². The molecule has 0 aliphatic rings. The second-order valence-corrected chi connectivity index (χ2v) is 5.17. The highest BCUT2D eigenvalue weighted by molar-refractivity contribution is 6.08. The molecule has 1 aromatic carbocycles. The average Bonchev–Trinajstić information content (AvgIpc) is 2.59. The van der Waals surface area contributed by atoms with E-state index in [1.165, 1.54) is 32.4 Å². The molecular weight excluding hydrogens is 336 g/mol. The largest absolute Gasteiger partial charge is 0.465 e. The number of aromatic nitrogens is 1. The van der Waals surface area contributed by atoms with Gasteiger partial charge in [-0.15, -0.1) is 0 Å². The fraction of sp³-hybridized carbons (Fsp3) is 0.235. The van der Waals surface area contributed by atoms with Crippen molar-refractivity contribution in [1.82, 2.24) is 4.98 Å². The van der Waals surface area contributed by atoms with Crippen LogP contribution in [0, 0.1) is 24.0 Å². The predicted octanol–water partition coefficient (Wildman–Crippen LogP) is 2.85. The van der Waals surface area contributed by atoms with Crippen molar-refractivity contribution in [3.8, 4) is 11.1 Å². The van der Waals surface area contributed by atoms with Crippen molar-refractivity contribution in [2.24, 2.45) is 0 Å². The summed E-state index contributed by atoms with van der Waals surface area (Å²) >= 11 is 0. The summed E-state index contributed by atoms with van der Waals surface area (Å²) in [4.78, 5) is 39.6. The van der Waals surface area contributed by atoms with Crippen LogP contribution in [0.4, 0.5) is 5.69 Å². The molecule has 0 atom stereocenters. The number of esters is 2. The third-order valence-corrected chi connectivity index (χ3v) is 3.71. The third-order valence-electron chi connectivity index (χ3n) is 3.71. The Morgan fingerprint density at radius 1 is 1.00 bits per heavy atom. The minimum absolute atomic E-state index is 0.0113. The lowest BCUT2D eigenvalue weighted by Gasteiger charge is -2.16. The molecule has 0 unspecified atom stereocenters. The maximum Gasteiger partial charge on any atom is 0.340 e. The van der Waals surface area contributed by atoms with Gasteiger partial charge in [0.2, 0.25) is 0 Å². The van der Waals surface area contributed by atoms with Crippen LogP contribution in [0.3, 0.4) is 0 Å². The molecular formula is C17H16N2O6. The number of rotatable bonds is 4. The number of nitro benzene ring substituents is 1. The van der Waals surface area contributed by atoms with Gasteiger partial charge in [0.25, 0.3) is 5.69 Å². The normalized spacial score (nSPS) is 10.2. The summed E-state index contributed by atoms with van der Waals surface area (Å²) in [5, 5.41) is 11.4. The first-order valence-corrected chi connectivity index (χ1v) is 7.25. The topological polar surface area (TPSA) is 109 Å². The SMILES string of the molecule is Cc1nc(C)c(C(=O)O[13CH3])c(-[13c]2[13cH][13cH][13cH][13cH][13c]2[N+](=O)[O-])c1C(=O)O[13CH3]. The number of hydrogen-bond donors (Lipinski definition) is 0. The number of methoxy groups -OCH3 is 2. The second-order valence-electron chi connectivity index (χ2n) is 5.17. The van der Waals surface area contributed by atoms with Crippen LogP contribution in [-0.2, 0) is 9.47 Å². The first-order valence-electron chi connectivity index (χ1n) is 7.25. The molecule has 25 heavy (non-hydrogen) atoms. The quantitative estimate of drug-likeness (QED) is 0.360. The van der Waals surface area contributed by atoms with E-state index in [1.807, 2.05) is 0 Å². The molecule has 0 bridgehead atoms. The number of hydrogen-bond acceptors (Lipinski definition) is 7. The van der Waals surface area contributed by atoms with Crippen molar-refractivity contribution >= 4 is 17.6 Å². The number of carbonyl (C=O) groups is 2. The highest BCUT2D eigenvalue weighted by atomic mass is 16.6. The first-order chi connectivity index (χ1) is 11.8. The molecule has 2 aromatic rings. The van der Waals surface area contributed by atoms with Crippen LogP contribution >= 0.6 is 0 Å². The molecule has 0 saturated carbocycles. The lowest BCUT2D eigenvalue weighted by Crippen LogP contribution is -2.16. The minimum atomic E-state index is -0.747. The van der Waals surface area contributed by atoms with Crippen molar-refractivity contribution < 1.29 is 24.0 Å². The average molecular weight is 352 g/mol. The fourth-order valence-corrected chi connectivity index (χ4v) is 2.67. The summed E-state index contributed by atoms with van der Waals surface area (Å²) < 4.78 is 9.57. The van der Waals surface area contributed by atoms with Gasteiger partial charge in [0.05, 0.1) is 47.2 Å². The zero-order valence-corrected chi connectivity index (χ0v) is 14.2. The molecule has 0 radical (unpaired) electrons. The van der Waals surface area contributed by atoms with Crippen LogP contribution < -0.4 is 0 Å². The van der Waals surface area contributed by atoms with E-state index in [4.69, 9.17) is 9.47 Å². The highest BCUT2D eigenvalue weighted by Gasteiger charge is 2.30. The molecule has 8 heteroatoms. The number of carbonyl (C=O) groups excluding carboxylic acids is 2. The summed E-state index contributed by atoms with van der Waals surface area (Å²) in [6.07, 6.45) is 0. The summed E-state index contributed by atoms with van der Waals surface area (Å²) in [5.74, 6) is -1.49. The third kappa shape index (κ3) is 3.18. The maximum absolute atomic E-state index is 12.3. The molecule has 1 heterocycles. The number of ether oxygens (including phenoxy) is 2. The van der Waals surface area contributed by atoms with Crippen molar-refractivity contribution in [3.05, 3.63) is 56.9 Å². The number of benzene rings is 1. The van der Waals surface area contributed by atoms with Gasteiger partial charge in [0.15, 0.2) is 0 Å². The van der Waals surface area contributed by atoms with Crippen molar-refractivity contribution in [2.75, 3.05) is 14.2 Å². The van der Waals surface area contributed by atoms with Crippen LogP contribution in [0.15, 0.2) is 24.3 Å². The van der Waals surface area contributed by atoms with Gasteiger partial charge in [0.1, 0.15) is 0 Å². The predicted molar refractivity (Wildman–Crippen MR) is 88.5 cm³/mol. The van der Waals surface area contributed by atoms with Gasteiger partial charge in [-0.1, -0.05) is 12.1 Å². The zero-order chi connectivity index (χ0) is 18.7. The molecule has 0 saturated heterocycles. The molecule has 0 aliphatic carbocycles. The fourth-order valence-electron chi connectivity index (χ4n) is 2.67. The number of para-hydroxylation sites is 1. The van der Waals surface area contributed by atoms with Gasteiger partial charge < -0.3 is 9.47 Å². The van der Waals surface area contributed by atoms with Crippen LogP contribution in [0.1, 0.15) is 32.1 Å². The standard InChI is InChI=1S/C17H16N2O6/c1-9-13(16(20)24-3)15(14(10(2)18-9)17(21)25-4)11-7-5-6-8-12(11)19(22)23/h5-8H,1-4H3/i3+1,4+1,5+1,6+1,7+1,8+1,11+1,12+1. The Morgan fingerprint density at radius 2 is 1.48 bits per heavy atom. The van der Waals surface area contributed by atoms with E-state index in [1.54, 1.807) is 19.9 Å². The van der Waals surface area contributed by atoms with Gasteiger partial charge in [-0.25, -0.2) is 9.59 Å². The van der Waals surface area contributed by atoms with Crippen LogP contribution in [0.2, 0.25) is 0 Å². The van der Waals surface area contributed by atoms with E-state index < -0.39 is 16.9 Å². The first kappa shape index (κ1) is 18.1. The number of aryl methyl sites for hydroxylation is 2. The van der Waals surface area contributed by atoms with E-state index in [0.29, 0.717) is 11.4 Å². The molecule has 0 spiro atoms. The smallest absolute Gasteiger partial charge is 0.340 e. The van der Waals surface area contributed by atoms with E-state index in [9.17, 15) is 19.7 Å². The second kappa shape index (κ2) is 7.08. The van der Waals surface area contributed by atoms with E-state index >= 15 is 0 Å². The number of nitrogens with zero attached hydrogens (tertiary/aromatic N) is 2. The van der Waals surface area contributed by atoms with E-state index in [0.717, 1.165) is 0 Å². The van der Waals surface area contributed by atoms with E-state index in [2.05, 4.69) is 4.98 Å². The lowest BCUT2D eigenvalue weighted by atomic mass is 10.0. The summed E-state index contributed by atoms with van der Waals surface area (Å²) in [5.41, 5.74) is 0.515. The molecule has 2 rings (SSSR count). The summed E-state index contributed by atoms with van der Waals surface area (Å²) in [6, 6.07) is 5.83. The Balaban J connectivity index is 3.03. The zero-order valence-electron chi connectivity index (χ0n) is 14.2. The van der Waals surface area contributed by atoms with E-state index in [-0.39, 0.29) is 27.9 Å². The number of nitro groups is 1. The molecule has 0 N–H and O–H groups in total. The summed E-state index contributed by atoms with van der Waals surface area (Å²) in [6.45, 7) is 3.14. The van der Waals surface area contributed by atoms with Crippen molar-refractivity contribution in [3.63, 3.8) is 0 Å². The van der Waals surface area contributed by atoms with Crippen LogP contribution in [0.25, 0.3) is 11.1 Å². The Labute approximate surface area is 143 Å². The van der Waals surface area contributed by atoms with Gasteiger partial charge >= 0.3 is 11.9 Å².